The Morgan fingerprint density at radius 2 is 2.14 bits per heavy atom. The minimum absolute atomic E-state index is 0. The molecule has 0 aliphatic carbocycles. The number of rotatable bonds is 3. The Bertz CT molecular complexity index is 307. The molecule has 14 heavy (non-hydrogen) atoms. The molecule has 0 heterocycles. The van der Waals surface area contributed by atoms with E-state index in [0.29, 0.717) is 11.6 Å². The predicted octanol–water partition coefficient (Wildman–Crippen LogP) is 2.55. The maximum absolute atomic E-state index is 13.1. The number of hydrogen-bond acceptors (Lipinski definition) is 2. The summed E-state index contributed by atoms with van der Waals surface area (Å²) in [4.78, 5) is 0. The Balaban J connectivity index is 0.00000169. The minimum Gasteiger partial charge on any atom is -0.488 e. The molecule has 0 aliphatic rings. The van der Waals surface area contributed by atoms with Crippen LogP contribution in [0.1, 0.15) is 5.56 Å². The van der Waals surface area contributed by atoms with Crippen LogP contribution in [-0.2, 0) is 0 Å². The van der Waals surface area contributed by atoms with E-state index in [-0.39, 0.29) is 24.8 Å². The molecule has 0 fully saturated rings. The molecule has 0 bridgehead atoms. The highest BCUT2D eigenvalue weighted by Gasteiger charge is 2.10. The summed E-state index contributed by atoms with van der Waals surface area (Å²) in [5, 5.41) is 0.313. The first-order chi connectivity index (χ1) is 6.16. The van der Waals surface area contributed by atoms with Crippen molar-refractivity contribution in [1.82, 2.24) is 0 Å². The maximum Gasteiger partial charge on any atom is 0.173 e. The molecule has 80 valence electrons. The summed E-state index contributed by atoms with van der Waals surface area (Å²) in [7, 11) is 0. The van der Waals surface area contributed by atoms with Crippen LogP contribution in [0.15, 0.2) is 12.1 Å². The summed E-state index contributed by atoms with van der Waals surface area (Å²) in [6, 6.07) is 2.93. The van der Waals surface area contributed by atoms with Crippen LogP contribution in [0, 0.1) is 12.7 Å². The van der Waals surface area contributed by atoms with Crippen molar-refractivity contribution in [2.24, 2.45) is 5.73 Å². The van der Waals surface area contributed by atoms with E-state index in [4.69, 9.17) is 22.1 Å². The molecule has 5 heteroatoms. The minimum atomic E-state index is -0.455. The van der Waals surface area contributed by atoms with Crippen molar-refractivity contribution >= 4 is 24.0 Å². The van der Waals surface area contributed by atoms with Gasteiger partial charge in [-0.1, -0.05) is 17.7 Å². The van der Waals surface area contributed by atoms with Crippen LogP contribution in [0.25, 0.3) is 0 Å². The molecule has 0 saturated heterocycles. The molecule has 2 nitrogen and oxygen atoms in total. The zero-order valence-corrected chi connectivity index (χ0v) is 9.29. The van der Waals surface area contributed by atoms with E-state index in [1.807, 2.05) is 0 Å². The van der Waals surface area contributed by atoms with E-state index in [2.05, 4.69) is 0 Å². The normalized spacial score (nSPS) is 9.43. The van der Waals surface area contributed by atoms with E-state index in [1.165, 1.54) is 6.07 Å². The lowest BCUT2D eigenvalue weighted by atomic mass is 10.2. The number of aryl methyl sites for hydroxylation is 1. The van der Waals surface area contributed by atoms with Gasteiger partial charge in [0.15, 0.2) is 11.6 Å². The first kappa shape index (κ1) is 13.5. The molecule has 0 spiro atoms. The average molecular weight is 240 g/mol. The summed E-state index contributed by atoms with van der Waals surface area (Å²) in [6.07, 6.45) is 0. The summed E-state index contributed by atoms with van der Waals surface area (Å²) < 4.78 is 18.2. The molecule has 0 atom stereocenters. The molecule has 1 aromatic rings. The van der Waals surface area contributed by atoms with Crippen molar-refractivity contribution in [3.63, 3.8) is 0 Å². The maximum atomic E-state index is 13.1. The molecule has 0 radical (unpaired) electrons. The molecule has 2 N–H and O–H groups in total. The summed E-state index contributed by atoms with van der Waals surface area (Å²) in [5.74, 6) is -0.365. The van der Waals surface area contributed by atoms with E-state index >= 15 is 0 Å². The van der Waals surface area contributed by atoms with Gasteiger partial charge in [-0.15, -0.1) is 12.4 Å². The average Bonchev–Trinajstić information content (AvgIpc) is 2.12. The Kier molecular flexibility index (Phi) is 5.84. The number of hydrogen-bond donors (Lipinski definition) is 1. The van der Waals surface area contributed by atoms with Gasteiger partial charge in [0.2, 0.25) is 0 Å². The molecule has 0 unspecified atom stereocenters. The second kappa shape index (κ2) is 6.06. The summed E-state index contributed by atoms with van der Waals surface area (Å²) in [6.45, 7) is 2.39. The number of halogens is 3. The zero-order chi connectivity index (χ0) is 9.84. The molecule has 0 aromatic heterocycles. The largest absolute Gasteiger partial charge is 0.488 e. The van der Waals surface area contributed by atoms with Crippen molar-refractivity contribution in [3.05, 3.63) is 28.5 Å². The fourth-order valence-electron chi connectivity index (χ4n) is 0.924. The van der Waals surface area contributed by atoms with Crippen LogP contribution >= 0.6 is 24.0 Å². The monoisotopic (exact) mass is 239 g/mol. The van der Waals surface area contributed by atoms with Gasteiger partial charge in [0, 0.05) is 6.54 Å². The van der Waals surface area contributed by atoms with Crippen LogP contribution in [0.3, 0.4) is 0 Å². The lowest BCUT2D eigenvalue weighted by Gasteiger charge is -2.09. The van der Waals surface area contributed by atoms with Gasteiger partial charge in [-0.05, 0) is 18.6 Å². The smallest absolute Gasteiger partial charge is 0.173 e. The van der Waals surface area contributed by atoms with Crippen molar-refractivity contribution in [2.45, 2.75) is 6.92 Å². The van der Waals surface area contributed by atoms with E-state index in [0.717, 1.165) is 5.56 Å². The Morgan fingerprint density at radius 3 is 2.71 bits per heavy atom. The summed E-state index contributed by atoms with van der Waals surface area (Å²) in [5.41, 5.74) is 6.01. The van der Waals surface area contributed by atoms with Crippen molar-refractivity contribution in [1.29, 1.82) is 0 Å². The molecular formula is C9H12Cl2FNO. The van der Waals surface area contributed by atoms with Gasteiger partial charge < -0.3 is 10.5 Å². The fraction of sp³-hybridized carbons (Fsp3) is 0.333. The molecule has 0 amide bonds. The van der Waals surface area contributed by atoms with Crippen LogP contribution < -0.4 is 10.5 Å². The SMILES string of the molecule is Cc1ccc(F)c(OCCN)c1Cl.Cl. The standard InChI is InChI=1S/C9H11ClFNO.ClH/c1-6-2-3-7(11)9(8(6)10)13-5-4-12;/h2-3H,4-5,12H2,1H3;1H. The molecule has 1 rings (SSSR count). The lowest BCUT2D eigenvalue weighted by molar-refractivity contribution is 0.311. The molecule has 1 aromatic carbocycles. The lowest BCUT2D eigenvalue weighted by Crippen LogP contribution is -2.11. The fourth-order valence-corrected chi connectivity index (χ4v) is 1.13. The topological polar surface area (TPSA) is 35.2 Å². The third kappa shape index (κ3) is 3.01. The Labute approximate surface area is 93.6 Å². The first-order valence-corrected chi connectivity index (χ1v) is 4.32. The number of ether oxygens (including phenoxy) is 1. The number of nitrogens with two attached hydrogens (primary N) is 1. The van der Waals surface area contributed by atoms with Gasteiger partial charge in [-0.2, -0.15) is 0 Å². The van der Waals surface area contributed by atoms with Gasteiger partial charge in [0.25, 0.3) is 0 Å². The van der Waals surface area contributed by atoms with Gasteiger partial charge in [0.1, 0.15) is 6.61 Å². The molecule has 0 saturated carbocycles. The van der Waals surface area contributed by atoms with Crippen molar-refractivity contribution in [3.8, 4) is 5.75 Å². The van der Waals surface area contributed by atoms with Crippen molar-refractivity contribution in [2.75, 3.05) is 13.2 Å². The zero-order valence-electron chi connectivity index (χ0n) is 7.72. The third-order valence-electron chi connectivity index (χ3n) is 1.61. The third-order valence-corrected chi connectivity index (χ3v) is 2.08. The van der Waals surface area contributed by atoms with Crippen LogP contribution in [0.4, 0.5) is 4.39 Å². The van der Waals surface area contributed by atoms with Crippen LogP contribution in [0.5, 0.6) is 5.75 Å². The van der Waals surface area contributed by atoms with Crippen LogP contribution in [-0.4, -0.2) is 13.2 Å². The van der Waals surface area contributed by atoms with Gasteiger partial charge in [-0.3, -0.25) is 0 Å². The van der Waals surface area contributed by atoms with E-state index < -0.39 is 5.82 Å². The molecule has 0 aliphatic heterocycles. The van der Waals surface area contributed by atoms with Gasteiger partial charge in [0.05, 0.1) is 5.02 Å². The highest BCUT2D eigenvalue weighted by atomic mass is 35.5. The Morgan fingerprint density at radius 1 is 1.50 bits per heavy atom. The van der Waals surface area contributed by atoms with Gasteiger partial charge in [-0.25, -0.2) is 4.39 Å². The van der Waals surface area contributed by atoms with E-state index in [1.54, 1.807) is 13.0 Å². The van der Waals surface area contributed by atoms with E-state index in [9.17, 15) is 4.39 Å². The summed E-state index contributed by atoms with van der Waals surface area (Å²) >= 11 is 5.83. The quantitative estimate of drug-likeness (QED) is 0.881. The Hall–Kier alpha value is -0.510. The molecular weight excluding hydrogens is 228 g/mol. The predicted molar refractivity (Wildman–Crippen MR) is 57.9 cm³/mol. The first-order valence-electron chi connectivity index (χ1n) is 3.94. The second-order valence-corrected chi connectivity index (χ2v) is 3.02. The second-order valence-electron chi connectivity index (χ2n) is 2.64. The van der Waals surface area contributed by atoms with Gasteiger partial charge >= 0.3 is 0 Å². The van der Waals surface area contributed by atoms with Crippen molar-refractivity contribution < 1.29 is 9.13 Å². The number of benzene rings is 1. The van der Waals surface area contributed by atoms with Crippen LogP contribution in [0.2, 0.25) is 5.02 Å². The highest BCUT2D eigenvalue weighted by Crippen LogP contribution is 2.30. The highest BCUT2D eigenvalue weighted by molar-refractivity contribution is 6.32.